The summed E-state index contributed by atoms with van der Waals surface area (Å²) in [5.41, 5.74) is 1.42. The SMILES string of the molecule is CCCc1c(Cl)c2ccccc2[nH]c1=O. The molecule has 0 radical (unpaired) electrons. The van der Waals surface area contributed by atoms with Gasteiger partial charge in [0.15, 0.2) is 0 Å². The van der Waals surface area contributed by atoms with Crippen LogP contribution in [0.3, 0.4) is 0 Å². The molecule has 0 spiro atoms. The van der Waals surface area contributed by atoms with Crippen LogP contribution in [-0.2, 0) is 6.42 Å². The lowest BCUT2D eigenvalue weighted by atomic mass is 10.1. The van der Waals surface area contributed by atoms with Crippen molar-refractivity contribution in [2.45, 2.75) is 19.8 Å². The highest BCUT2D eigenvalue weighted by Crippen LogP contribution is 2.23. The molecule has 0 aliphatic rings. The minimum atomic E-state index is -0.0689. The molecule has 0 atom stereocenters. The summed E-state index contributed by atoms with van der Waals surface area (Å²) in [6.45, 7) is 2.03. The van der Waals surface area contributed by atoms with Gasteiger partial charge in [-0.15, -0.1) is 0 Å². The number of fused-ring (bicyclic) bond motifs is 1. The van der Waals surface area contributed by atoms with Crippen molar-refractivity contribution in [3.05, 3.63) is 45.2 Å². The molecule has 0 fully saturated rings. The number of H-pyrrole nitrogens is 1. The van der Waals surface area contributed by atoms with E-state index >= 15 is 0 Å². The van der Waals surface area contributed by atoms with E-state index < -0.39 is 0 Å². The Bertz CT molecular complexity index is 545. The molecule has 1 aromatic carbocycles. The van der Waals surface area contributed by atoms with Crippen LogP contribution in [0, 0.1) is 0 Å². The molecule has 15 heavy (non-hydrogen) atoms. The first-order valence-corrected chi connectivity index (χ1v) is 5.41. The fourth-order valence-electron chi connectivity index (χ4n) is 1.72. The van der Waals surface area contributed by atoms with Crippen molar-refractivity contribution in [2.75, 3.05) is 0 Å². The fraction of sp³-hybridized carbons (Fsp3) is 0.250. The second kappa shape index (κ2) is 4.07. The first-order valence-electron chi connectivity index (χ1n) is 5.03. The van der Waals surface area contributed by atoms with Gasteiger partial charge in [-0.05, 0) is 12.5 Å². The van der Waals surface area contributed by atoms with Gasteiger partial charge >= 0.3 is 0 Å². The summed E-state index contributed by atoms with van der Waals surface area (Å²) >= 11 is 6.21. The summed E-state index contributed by atoms with van der Waals surface area (Å²) in [4.78, 5) is 14.5. The van der Waals surface area contributed by atoms with Crippen LogP contribution >= 0.6 is 11.6 Å². The topological polar surface area (TPSA) is 32.9 Å². The summed E-state index contributed by atoms with van der Waals surface area (Å²) in [7, 11) is 0. The zero-order valence-corrected chi connectivity index (χ0v) is 9.27. The lowest BCUT2D eigenvalue weighted by molar-refractivity contribution is 0.906. The van der Waals surface area contributed by atoms with Crippen LogP contribution in [-0.4, -0.2) is 4.98 Å². The van der Waals surface area contributed by atoms with Crippen LogP contribution in [0.4, 0.5) is 0 Å². The maximum Gasteiger partial charge on any atom is 0.253 e. The fourth-order valence-corrected chi connectivity index (χ4v) is 2.06. The molecule has 0 amide bonds. The normalized spacial score (nSPS) is 10.8. The van der Waals surface area contributed by atoms with Crippen LogP contribution in [0.2, 0.25) is 5.02 Å². The number of aromatic amines is 1. The highest BCUT2D eigenvalue weighted by molar-refractivity contribution is 6.36. The molecular weight excluding hydrogens is 210 g/mol. The number of nitrogens with one attached hydrogen (secondary N) is 1. The second-order valence-electron chi connectivity index (χ2n) is 3.54. The molecule has 0 bridgehead atoms. The van der Waals surface area contributed by atoms with Crippen molar-refractivity contribution in [3.8, 4) is 0 Å². The predicted octanol–water partition coefficient (Wildman–Crippen LogP) is 3.13. The minimum Gasteiger partial charge on any atom is -0.322 e. The minimum absolute atomic E-state index is 0.0689. The first kappa shape index (κ1) is 10.2. The zero-order valence-electron chi connectivity index (χ0n) is 8.51. The monoisotopic (exact) mass is 221 g/mol. The summed E-state index contributed by atoms with van der Waals surface area (Å²) in [6.07, 6.45) is 1.64. The Hall–Kier alpha value is -1.28. The molecule has 0 aliphatic carbocycles. The molecule has 0 saturated carbocycles. The molecular formula is C12H12ClNO. The maximum atomic E-state index is 11.7. The van der Waals surface area contributed by atoms with Crippen LogP contribution in [0.1, 0.15) is 18.9 Å². The highest BCUT2D eigenvalue weighted by Gasteiger charge is 2.08. The third kappa shape index (κ3) is 1.77. The van der Waals surface area contributed by atoms with E-state index in [1.54, 1.807) is 0 Å². The average molecular weight is 222 g/mol. The Morgan fingerprint density at radius 2 is 2.07 bits per heavy atom. The first-order chi connectivity index (χ1) is 7.24. The standard InChI is InChI=1S/C12H12ClNO/c1-2-5-9-11(13)8-6-3-4-7-10(8)14-12(9)15/h3-4,6-7H,2,5H2,1H3,(H,14,15). The van der Waals surface area contributed by atoms with Crippen molar-refractivity contribution >= 4 is 22.5 Å². The van der Waals surface area contributed by atoms with Crippen molar-refractivity contribution < 1.29 is 0 Å². The van der Waals surface area contributed by atoms with Gasteiger partial charge in [-0.25, -0.2) is 0 Å². The molecule has 2 rings (SSSR count). The third-order valence-electron chi connectivity index (χ3n) is 2.45. The van der Waals surface area contributed by atoms with E-state index in [9.17, 15) is 4.79 Å². The van der Waals surface area contributed by atoms with Gasteiger partial charge in [-0.1, -0.05) is 43.1 Å². The van der Waals surface area contributed by atoms with Gasteiger partial charge in [0, 0.05) is 16.5 Å². The Labute approximate surface area is 92.9 Å². The van der Waals surface area contributed by atoms with Gasteiger partial charge in [0.2, 0.25) is 0 Å². The number of hydrogen-bond acceptors (Lipinski definition) is 1. The largest absolute Gasteiger partial charge is 0.322 e. The number of pyridine rings is 1. The molecule has 0 aliphatic heterocycles. The molecule has 3 heteroatoms. The number of rotatable bonds is 2. The van der Waals surface area contributed by atoms with Crippen LogP contribution in [0.15, 0.2) is 29.1 Å². The van der Waals surface area contributed by atoms with Crippen LogP contribution in [0.5, 0.6) is 0 Å². The molecule has 0 unspecified atom stereocenters. The summed E-state index contributed by atoms with van der Waals surface area (Å²) in [6, 6.07) is 7.58. The van der Waals surface area contributed by atoms with E-state index in [0.29, 0.717) is 10.6 Å². The highest BCUT2D eigenvalue weighted by atomic mass is 35.5. The summed E-state index contributed by atoms with van der Waals surface area (Å²) in [5.74, 6) is 0. The van der Waals surface area contributed by atoms with Crippen molar-refractivity contribution in [1.82, 2.24) is 4.98 Å². The number of halogens is 1. The van der Waals surface area contributed by atoms with Gasteiger partial charge in [0.25, 0.3) is 5.56 Å². The number of benzene rings is 1. The number of hydrogen-bond donors (Lipinski definition) is 1. The van der Waals surface area contributed by atoms with Gasteiger partial charge in [0.05, 0.1) is 5.02 Å². The summed E-state index contributed by atoms with van der Waals surface area (Å²) < 4.78 is 0. The molecule has 2 nitrogen and oxygen atoms in total. The molecule has 0 saturated heterocycles. The van der Waals surface area contributed by atoms with E-state index in [4.69, 9.17) is 11.6 Å². The molecule has 1 heterocycles. The van der Waals surface area contributed by atoms with E-state index in [1.165, 1.54) is 0 Å². The van der Waals surface area contributed by atoms with Crippen molar-refractivity contribution in [3.63, 3.8) is 0 Å². The molecule has 1 N–H and O–H groups in total. The second-order valence-corrected chi connectivity index (χ2v) is 3.92. The van der Waals surface area contributed by atoms with Gasteiger partial charge in [-0.2, -0.15) is 0 Å². The maximum absolute atomic E-state index is 11.7. The molecule has 1 aromatic heterocycles. The Morgan fingerprint density at radius 1 is 1.33 bits per heavy atom. The summed E-state index contributed by atoms with van der Waals surface area (Å²) in [5, 5.41) is 1.51. The van der Waals surface area contributed by atoms with Crippen molar-refractivity contribution in [1.29, 1.82) is 0 Å². The van der Waals surface area contributed by atoms with Gasteiger partial charge in [0.1, 0.15) is 0 Å². The van der Waals surface area contributed by atoms with Gasteiger partial charge in [-0.3, -0.25) is 4.79 Å². The lowest BCUT2D eigenvalue weighted by Crippen LogP contribution is -2.13. The smallest absolute Gasteiger partial charge is 0.253 e. The predicted molar refractivity (Wildman–Crippen MR) is 63.6 cm³/mol. The molecule has 78 valence electrons. The van der Waals surface area contributed by atoms with E-state index in [1.807, 2.05) is 31.2 Å². The Kier molecular flexibility index (Phi) is 2.78. The van der Waals surface area contributed by atoms with E-state index in [2.05, 4.69) is 4.98 Å². The van der Waals surface area contributed by atoms with Crippen LogP contribution < -0.4 is 5.56 Å². The molecule has 2 aromatic rings. The number of para-hydroxylation sites is 1. The van der Waals surface area contributed by atoms with Crippen LogP contribution in [0.25, 0.3) is 10.9 Å². The number of aromatic nitrogens is 1. The van der Waals surface area contributed by atoms with Gasteiger partial charge < -0.3 is 4.98 Å². The quantitative estimate of drug-likeness (QED) is 0.831. The van der Waals surface area contributed by atoms with E-state index in [0.717, 1.165) is 23.7 Å². The average Bonchev–Trinajstić information content (AvgIpc) is 2.24. The zero-order chi connectivity index (χ0) is 10.8. The van der Waals surface area contributed by atoms with E-state index in [-0.39, 0.29) is 5.56 Å². The Morgan fingerprint density at radius 3 is 2.80 bits per heavy atom. The third-order valence-corrected chi connectivity index (χ3v) is 2.88. The van der Waals surface area contributed by atoms with Crippen molar-refractivity contribution in [2.24, 2.45) is 0 Å². The Balaban J connectivity index is 2.78. The lowest BCUT2D eigenvalue weighted by Gasteiger charge is -2.05.